The summed E-state index contributed by atoms with van der Waals surface area (Å²) in [5, 5.41) is 18.7. The highest BCUT2D eigenvalue weighted by molar-refractivity contribution is 5.81. The number of carbonyl (C=O) groups is 2. The van der Waals surface area contributed by atoms with Crippen molar-refractivity contribution >= 4 is 17.6 Å². The van der Waals surface area contributed by atoms with Crippen LogP contribution in [0.3, 0.4) is 0 Å². The summed E-state index contributed by atoms with van der Waals surface area (Å²) in [4.78, 5) is 24.2. The molecule has 0 aliphatic heterocycles. The molecule has 1 rings (SSSR count). The van der Waals surface area contributed by atoms with E-state index in [2.05, 4.69) is 13.8 Å². The second kappa shape index (κ2) is 21.6. The topological polar surface area (TPSA) is 96.3 Å². The van der Waals surface area contributed by atoms with Crippen LogP contribution in [0.25, 0.3) is 0 Å². The number of ether oxygens (including phenoxy) is 2. The van der Waals surface area contributed by atoms with Gasteiger partial charge in [-0.15, -0.1) is 0 Å². The van der Waals surface area contributed by atoms with Gasteiger partial charge in [-0.3, -0.25) is 9.59 Å². The molecule has 2 N–H and O–H groups in total. The van der Waals surface area contributed by atoms with Crippen LogP contribution >= 0.6 is 0 Å². The molecule has 37 heavy (non-hydrogen) atoms. The number of carboxylic acid groups (broad SMARTS) is 2. The Labute approximate surface area is 224 Å². The molecule has 0 aromatic heterocycles. The standard InChI is InChI=1S/C30H51NO6/c1-3-5-7-9-11-13-15-17-21-36-26-19-20-28(37-22-18-16-14-12-10-8-6-4-2)27(23-26)31(24-29(32)33)25-30(34)35/h19-20,23H,3-18,21-22,24-25H2,1-2H3,(H,32,33)(H,34,35). The first kappa shape index (κ1) is 32.6. The molecule has 0 aliphatic rings. The highest BCUT2D eigenvalue weighted by atomic mass is 16.5. The molecule has 0 unspecified atom stereocenters. The van der Waals surface area contributed by atoms with Crippen molar-refractivity contribution in [3.8, 4) is 11.5 Å². The molecule has 7 heteroatoms. The molecular weight excluding hydrogens is 470 g/mol. The SMILES string of the molecule is CCCCCCCCCCOc1ccc(OCCCCCCCCCC)c(N(CC(=O)O)CC(=O)O)c1. The predicted octanol–water partition coefficient (Wildman–Crippen LogP) is 7.70. The number of nitrogens with zero attached hydrogens (tertiary/aromatic N) is 1. The minimum Gasteiger partial charge on any atom is -0.494 e. The van der Waals surface area contributed by atoms with Gasteiger partial charge in [-0.2, -0.15) is 0 Å². The Morgan fingerprint density at radius 2 is 1.08 bits per heavy atom. The third-order valence-corrected chi connectivity index (χ3v) is 6.45. The van der Waals surface area contributed by atoms with Crippen molar-refractivity contribution in [2.45, 2.75) is 117 Å². The smallest absolute Gasteiger partial charge is 0.323 e. The largest absolute Gasteiger partial charge is 0.494 e. The van der Waals surface area contributed by atoms with E-state index in [1.54, 1.807) is 12.1 Å². The monoisotopic (exact) mass is 521 g/mol. The van der Waals surface area contributed by atoms with Gasteiger partial charge in [-0.1, -0.05) is 104 Å². The van der Waals surface area contributed by atoms with E-state index in [1.165, 1.54) is 81.9 Å². The van der Waals surface area contributed by atoms with Crippen LogP contribution in [0, 0.1) is 0 Å². The highest BCUT2D eigenvalue weighted by Crippen LogP contribution is 2.33. The van der Waals surface area contributed by atoms with Crippen molar-refractivity contribution < 1.29 is 29.3 Å². The summed E-state index contributed by atoms with van der Waals surface area (Å²) in [5.41, 5.74) is 0.442. The fourth-order valence-corrected chi connectivity index (χ4v) is 4.35. The zero-order chi connectivity index (χ0) is 27.1. The fraction of sp³-hybridized carbons (Fsp3) is 0.733. The minimum atomic E-state index is -1.10. The van der Waals surface area contributed by atoms with Gasteiger partial charge in [-0.05, 0) is 25.0 Å². The van der Waals surface area contributed by atoms with E-state index in [0.717, 1.165) is 25.7 Å². The summed E-state index contributed by atoms with van der Waals surface area (Å²) in [5.74, 6) is -1.11. The normalized spacial score (nSPS) is 10.9. The number of hydrogen-bond donors (Lipinski definition) is 2. The second-order valence-corrected chi connectivity index (χ2v) is 9.92. The van der Waals surface area contributed by atoms with E-state index in [4.69, 9.17) is 9.47 Å². The zero-order valence-corrected chi connectivity index (χ0v) is 23.3. The summed E-state index contributed by atoms with van der Waals surface area (Å²) in [7, 11) is 0. The first-order chi connectivity index (χ1) is 18.0. The van der Waals surface area contributed by atoms with Crippen LogP contribution in [-0.2, 0) is 9.59 Å². The highest BCUT2D eigenvalue weighted by Gasteiger charge is 2.19. The molecule has 0 heterocycles. The number of benzene rings is 1. The van der Waals surface area contributed by atoms with Crippen LogP contribution < -0.4 is 14.4 Å². The molecule has 0 spiro atoms. The van der Waals surface area contributed by atoms with Crippen molar-refractivity contribution in [2.24, 2.45) is 0 Å². The molecular formula is C30H51NO6. The van der Waals surface area contributed by atoms with Crippen molar-refractivity contribution in [3.05, 3.63) is 18.2 Å². The van der Waals surface area contributed by atoms with Crippen molar-refractivity contribution in [1.82, 2.24) is 0 Å². The lowest BCUT2D eigenvalue weighted by Gasteiger charge is -2.24. The second-order valence-electron chi connectivity index (χ2n) is 9.92. The van der Waals surface area contributed by atoms with Crippen LogP contribution in [0.5, 0.6) is 11.5 Å². The van der Waals surface area contributed by atoms with Gasteiger partial charge in [0.25, 0.3) is 0 Å². The van der Waals surface area contributed by atoms with Gasteiger partial charge in [-0.25, -0.2) is 0 Å². The minimum absolute atomic E-state index is 0.429. The van der Waals surface area contributed by atoms with Crippen molar-refractivity contribution in [3.63, 3.8) is 0 Å². The van der Waals surface area contributed by atoms with Gasteiger partial charge >= 0.3 is 11.9 Å². The maximum atomic E-state index is 11.4. The summed E-state index contributed by atoms with van der Waals surface area (Å²) in [6.45, 7) is 4.67. The molecule has 212 valence electrons. The zero-order valence-electron chi connectivity index (χ0n) is 23.3. The molecule has 0 saturated heterocycles. The van der Waals surface area contributed by atoms with Gasteiger partial charge in [0.05, 0.1) is 18.9 Å². The van der Waals surface area contributed by atoms with Gasteiger partial charge in [0.2, 0.25) is 0 Å². The summed E-state index contributed by atoms with van der Waals surface area (Å²) in [6, 6.07) is 5.29. The average Bonchev–Trinajstić information content (AvgIpc) is 2.86. The van der Waals surface area contributed by atoms with Gasteiger partial charge in [0, 0.05) is 6.07 Å². The van der Waals surface area contributed by atoms with E-state index in [1.807, 2.05) is 6.07 Å². The maximum absolute atomic E-state index is 11.4. The van der Waals surface area contributed by atoms with Crippen molar-refractivity contribution in [2.75, 3.05) is 31.2 Å². The quantitative estimate of drug-likeness (QED) is 0.127. The maximum Gasteiger partial charge on any atom is 0.323 e. The molecule has 0 aliphatic carbocycles. The number of carboxylic acids is 2. The number of anilines is 1. The lowest BCUT2D eigenvalue weighted by atomic mass is 10.1. The molecule has 0 bridgehead atoms. The Morgan fingerprint density at radius 1 is 0.649 bits per heavy atom. The molecule has 1 aromatic rings. The van der Waals surface area contributed by atoms with E-state index >= 15 is 0 Å². The van der Waals surface area contributed by atoms with Crippen molar-refractivity contribution in [1.29, 1.82) is 0 Å². The average molecular weight is 522 g/mol. The lowest BCUT2D eigenvalue weighted by Crippen LogP contribution is -2.34. The lowest BCUT2D eigenvalue weighted by molar-refractivity contribution is -0.136. The molecule has 0 amide bonds. The molecule has 0 atom stereocenters. The Kier molecular flexibility index (Phi) is 19.0. The Balaban J connectivity index is 2.64. The van der Waals surface area contributed by atoms with E-state index in [9.17, 15) is 19.8 Å². The van der Waals surface area contributed by atoms with E-state index in [-0.39, 0.29) is 0 Å². The Bertz CT molecular complexity index is 723. The summed E-state index contributed by atoms with van der Waals surface area (Å²) < 4.78 is 11.9. The molecule has 0 fully saturated rings. The Morgan fingerprint density at radius 3 is 1.54 bits per heavy atom. The van der Waals surface area contributed by atoms with Gasteiger partial charge in [0.15, 0.2) is 0 Å². The van der Waals surface area contributed by atoms with Gasteiger partial charge in [0.1, 0.15) is 24.6 Å². The summed E-state index contributed by atoms with van der Waals surface area (Å²) >= 11 is 0. The van der Waals surface area contributed by atoms with E-state index in [0.29, 0.717) is 30.4 Å². The van der Waals surface area contributed by atoms with Crippen LogP contribution in [-0.4, -0.2) is 48.5 Å². The molecule has 0 radical (unpaired) electrons. The fourth-order valence-electron chi connectivity index (χ4n) is 4.35. The number of rotatable bonds is 25. The number of aliphatic carboxylic acids is 2. The van der Waals surface area contributed by atoms with E-state index < -0.39 is 25.0 Å². The Hall–Kier alpha value is -2.44. The number of hydrogen-bond acceptors (Lipinski definition) is 5. The van der Waals surface area contributed by atoms with Gasteiger partial charge < -0.3 is 24.6 Å². The van der Waals surface area contributed by atoms with Crippen LogP contribution in [0.2, 0.25) is 0 Å². The molecule has 7 nitrogen and oxygen atoms in total. The third-order valence-electron chi connectivity index (χ3n) is 6.45. The molecule has 1 aromatic carbocycles. The molecule has 0 saturated carbocycles. The first-order valence-electron chi connectivity index (χ1n) is 14.6. The van der Waals surface area contributed by atoms with Crippen LogP contribution in [0.4, 0.5) is 5.69 Å². The first-order valence-corrected chi connectivity index (χ1v) is 14.6. The predicted molar refractivity (Wildman–Crippen MR) is 150 cm³/mol. The third kappa shape index (κ3) is 16.8. The van der Waals surface area contributed by atoms with Crippen LogP contribution in [0.1, 0.15) is 117 Å². The van der Waals surface area contributed by atoms with Crippen LogP contribution in [0.15, 0.2) is 18.2 Å². The summed E-state index contributed by atoms with van der Waals surface area (Å²) in [6.07, 6.45) is 19.2. The number of unbranched alkanes of at least 4 members (excludes halogenated alkanes) is 14.